The molecule has 4 rings (SSSR count). The van der Waals surface area contributed by atoms with Gasteiger partial charge < -0.3 is 14.5 Å². The zero-order chi connectivity index (χ0) is 22.7. The van der Waals surface area contributed by atoms with E-state index in [9.17, 15) is 18.0 Å². The molecule has 0 aliphatic heterocycles. The summed E-state index contributed by atoms with van der Waals surface area (Å²) in [6.07, 6.45) is -0.367. The zero-order valence-corrected chi connectivity index (χ0v) is 17.2. The smallest absolute Gasteiger partial charge is 0.416 e. The van der Waals surface area contributed by atoms with E-state index in [-0.39, 0.29) is 11.6 Å². The normalized spacial score (nSPS) is 11.5. The third-order valence-corrected chi connectivity index (χ3v) is 5.09. The van der Waals surface area contributed by atoms with Gasteiger partial charge in [-0.1, -0.05) is 24.3 Å². The standard InChI is InChI=1S/C24H20F3N3O2/c1-32-20-9-2-16(3-10-20)12-13-28-23(31)21-15-30-14-18(6-11-22(30)29-21)17-4-7-19(8-5-17)24(25,26)27/h2-11,14-15H,12-13H2,1H3,(H,28,31). The molecule has 32 heavy (non-hydrogen) atoms. The molecular weight excluding hydrogens is 419 g/mol. The minimum Gasteiger partial charge on any atom is -0.497 e. The number of halogens is 3. The Kier molecular flexibility index (Phi) is 5.85. The molecule has 0 radical (unpaired) electrons. The highest BCUT2D eigenvalue weighted by molar-refractivity contribution is 5.92. The van der Waals surface area contributed by atoms with Crippen LogP contribution in [0.1, 0.15) is 21.6 Å². The number of aromatic nitrogens is 2. The molecule has 0 aliphatic carbocycles. The lowest BCUT2D eigenvalue weighted by Gasteiger charge is -2.08. The average molecular weight is 439 g/mol. The van der Waals surface area contributed by atoms with Gasteiger partial charge in [0.1, 0.15) is 17.1 Å². The Bertz CT molecular complexity index is 1230. The van der Waals surface area contributed by atoms with Gasteiger partial charge in [0.15, 0.2) is 0 Å². The predicted octanol–water partition coefficient (Wildman–Crippen LogP) is 5.00. The van der Waals surface area contributed by atoms with Crippen LogP contribution in [0.15, 0.2) is 73.1 Å². The SMILES string of the molecule is COc1ccc(CCNC(=O)c2cn3cc(-c4ccc(C(F)(F)F)cc4)ccc3n2)cc1. The quantitative estimate of drug-likeness (QED) is 0.460. The molecule has 4 aromatic rings. The number of nitrogens with zero attached hydrogens (tertiary/aromatic N) is 2. The topological polar surface area (TPSA) is 55.6 Å². The van der Waals surface area contributed by atoms with E-state index in [0.29, 0.717) is 24.2 Å². The molecule has 0 fully saturated rings. The number of amides is 1. The Hall–Kier alpha value is -3.81. The minimum atomic E-state index is -4.37. The summed E-state index contributed by atoms with van der Waals surface area (Å²) in [7, 11) is 1.61. The maximum absolute atomic E-state index is 12.8. The van der Waals surface area contributed by atoms with Crippen LogP contribution in [0, 0.1) is 0 Å². The van der Waals surface area contributed by atoms with Crippen molar-refractivity contribution in [1.29, 1.82) is 0 Å². The first-order chi connectivity index (χ1) is 15.3. The number of hydrogen-bond donors (Lipinski definition) is 1. The molecule has 0 spiro atoms. The number of fused-ring (bicyclic) bond motifs is 1. The van der Waals surface area contributed by atoms with E-state index in [2.05, 4.69) is 10.3 Å². The van der Waals surface area contributed by atoms with Crippen molar-refractivity contribution in [1.82, 2.24) is 14.7 Å². The van der Waals surface area contributed by atoms with Crippen LogP contribution in [-0.2, 0) is 12.6 Å². The molecule has 0 saturated heterocycles. The lowest BCUT2D eigenvalue weighted by atomic mass is 10.1. The van der Waals surface area contributed by atoms with Crippen molar-refractivity contribution in [3.8, 4) is 16.9 Å². The first kappa shape index (κ1) is 21.4. The summed E-state index contributed by atoms with van der Waals surface area (Å²) in [6.45, 7) is 0.454. The van der Waals surface area contributed by atoms with E-state index >= 15 is 0 Å². The number of pyridine rings is 1. The molecule has 2 aromatic carbocycles. The number of alkyl halides is 3. The molecule has 164 valence electrons. The van der Waals surface area contributed by atoms with Crippen molar-refractivity contribution < 1.29 is 22.7 Å². The number of hydrogen-bond acceptors (Lipinski definition) is 3. The predicted molar refractivity (Wildman–Crippen MR) is 115 cm³/mol. The zero-order valence-electron chi connectivity index (χ0n) is 17.2. The second kappa shape index (κ2) is 8.74. The second-order valence-corrected chi connectivity index (χ2v) is 7.24. The van der Waals surface area contributed by atoms with Gasteiger partial charge in [0.05, 0.1) is 12.7 Å². The Morgan fingerprint density at radius 1 is 0.969 bits per heavy atom. The fraction of sp³-hybridized carbons (Fsp3) is 0.167. The van der Waals surface area contributed by atoms with Crippen molar-refractivity contribution >= 4 is 11.6 Å². The number of carbonyl (C=O) groups is 1. The van der Waals surface area contributed by atoms with E-state index in [1.807, 2.05) is 24.3 Å². The van der Waals surface area contributed by atoms with Crippen molar-refractivity contribution in [3.63, 3.8) is 0 Å². The van der Waals surface area contributed by atoms with E-state index in [1.54, 1.807) is 36.0 Å². The summed E-state index contributed by atoms with van der Waals surface area (Å²) in [5, 5.41) is 2.85. The Labute approximate surface area is 182 Å². The molecular formula is C24H20F3N3O2. The first-order valence-electron chi connectivity index (χ1n) is 9.91. The summed E-state index contributed by atoms with van der Waals surface area (Å²) in [5.41, 5.74) is 2.57. The van der Waals surface area contributed by atoms with Crippen molar-refractivity contribution in [2.45, 2.75) is 12.6 Å². The maximum Gasteiger partial charge on any atom is 0.416 e. The van der Waals surface area contributed by atoms with Crippen molar-refractivity contribution in [2.75, 3.05) is 13.7 Å². The molecule has 8 heteroatoms. The van der Waals surface area contributed by atoms with Crippen LogP contribution in [0.5, 0.6) is 5.75 Å². The third-order valence-electron chi connectivity index (χ3n) is 5.09. The molecule has 1 amide bonds. The number of nitrogens with one attached hydrogen (secondary N) is 1. The molecule has 0 atom stereocenters. The van der Waals surface area contributed by atoms with E-state index in [1.165, 1.54) is 12.1 Å². The van der Waals surface area contributed by atoms with E-state index < -0.39 is 11.7 Å². The van der Waals surface area contributed by atoms with Gasteiger partial charge in [-0.3, -0.25) is 4.79 Å². The van der Waals surface area contributed by atoms with Crippen LogP contribution < -0.4 is 10.1 Å². The van der Waals surface area contributed by atoms with Crippen molar-refractivity contribution in [3.05, 3.63) is 89.9 Å². The van der Waals surface area contributed by atoms with Gasteiger partial charge in [-0.15, -0.1) is 0 Å². The van der Waals surface area contributed by atoms with Crippen LogP contribution in [0.2, 0.25) is 0 Å². The van der Waals surface area contributed by atoms with E-state index in [0.717, 1.165) is 29.0 Å². The monoisotopic (exact) mass is 439 g/mol. The van der Waals surface area contributed by atoms with Crippen LogP contribution in [0.25, 0.3) is 16.8 Å². The summed E-state index contributed by atoms with van der Waals surface area (Å²) >= 11 is 0. The molecule has 0 saturated carbocycles. The van der Waals surface area contributed by atoms with Gasteiger partial charge in [-0.05, 0) is 59.5 Å². The van der Waals surface area contributed by atoms with Crippen LogP contribution in [0.3, 0.4) is 0 Å². The number of methoxy groups -OCH3 is 1. The summed E-state index contributed by atoms with van der Waals surface area (Å²) in [5.74, 6) is 0.483. The van der Waals surface area contributed by atoms with Gasteiger partial charge >= 0.3 is 6.18 Å². The highest BCUT2D eigenvalue weighted by Gasteiger charge is 2.30. The summed E-state index contributed by atoms with van der Waals surface area (Å²) in [6, 6.07) is 16.1. The Balaban J connectivity index is 1.43. The van der Waals surface area contributed by atoms with Gasteiger partial charge in [0, 0.05) is 18.9 Å². The van der Waals surface area contributed by atoms with Crippen molar-refractivity contribution in [2.24, 2.45) is 0 Å². The number of carbonyl (C=O) groups excluding carboxylic acids is 1. The highest BCUT2D eigenvalue weighted by Crippen LogP contribution is 2.31. The third kappa shape index (κ3) is 4.74. The summed E-state index contributed by atoms with van der Waals surface area (Å²) < 4.78 is 45.1. The Morgan fingerprint density at radius 2 is 1.66 bits per heavy atom. The minimum absolute atomic E-state index is 0.268. The van der Waals surface area contributed by atoms with Gasteiger partial charge in [0.25, 0.3) is 5.91 Å². The molecule has 5 nitrogen and oxygen atoms in total. The van der Waals surface area contributed by atoms with Gasteiger partial charge in [-0.2, -0.15) is 13.2 Å². The lowest BCUT2D eigenvalue weighted by Crippen LogP contribution is -2.25. The number of imidazole rings is 1. The number of benzene rings is 2. The highest BCUT2D eigenvalue weighted by atomic mass is 19.4. The molecule has 2 heterocycles. The summed E-state index contributed by atoms with van der Waals surface area (Å²) in [4.78, 5) is 16.8. The first-order valence-corrected chi connectivity index (χ1v) is 9.91. The van der Waals surface area contributed by atoms with Crippen LogP contribution in [0.4, 0.5) is 13.2 Å². The second-order valence-electron chi connectivity index (χ2n) is 7.24. The fourth-order valence-electron chi connectivity index (χ4n) is 3.33. The molecule has 0 unspecified atom stereocenters. The number of ether oxygens (including phenoxy) is 1. The average Bonchev–Trinajstić information content (AvgIpc) is 3.22. The van der Waals surface area contributed by atoms with Crippen LogP contribution in [-0.4, -0.2) is 28.9 Å². The largest absolute Gasteiger partial charge is 0.497 e. The Morgan fingerprint density at radius 3 is 2.31 bits per heavy atom. The van der Waals surface area contributed by atoms with E-state index in [4.69, 9.17) is 4.74 Å². The number of rotatable bonds is 6. The van der Waals surface area contributed by atoms with Crippen LogP contribution >= 0.6 is 0 Å². The molecule has 1 N–H and O–H groups in total. The fourth-order valence-corrected chi connectivity index (χ4v) is 3.33. The molecule has 0 aliphatic rings. The lowest BCUT2D eigenvalue weighted by molar-refractivity contribution is -0.137. The molecule has 0 bridgehead atoms. The van der Waals surface area contributed by atoms with Gasteiger partial charge in [0.2, 0.25) is 0 Å². The maximum atomic E-state index is 12.8. The van der Waals surface area contributed by atoms with Gasteiger partial charge in [-0.25, -0.2) is 4.98 Å². The molecule has 2 aromatic heterocycles.